The van der Waals surface area contributed by atoms with Crippen molar-refractivity contribution in [3.63, 3.8) is 0 Å². The van der Waals surface area contributed by atoms with Crippen LogP contribution in [0.5, 0.6) is 0 Å². The Hall–Kier alpha value is -1.57. The van der Waals surface area contributed by atoms with Gasteiger partial charge in [0.1, 0.15) is 0 Å². The number of alkyl halides is 3. The van der Waals surface area contributed by atoms with Gasteiger partial charge in [-0.1, -0.05) is 34.1 Å². The number of rotatable bonds is 3. The minimum atomic E-state index is -4.86. The highest BCUT2D eigenvalue weighted by Crippen LogP contribution is 2.20. The molecule has 126 valence electrons. The van der Waals surface area contributed by atoms with Gasteiger partial charge < -0.3 is 9.80 Å². The van der Waals surface area contributed by atoms with E-state index in [4.69, 9.17) is 0 Å². The Morgan fingerprint density at radius 2 is 1.61 bits per heavy atom. The van der Waals surface area contributed by atoms with Crippen LogP contribution in [-0.4, -0.2) is 54.0 Å². The Bertz CT molecular complexity index is 584. The molecule has 2 rings (SSSR count). The molecule has 8 heteroatoms. The maximum atomic E-state index is 12.4. The summed E-state index contributed by atoms with van der Waals surface area (Å²) < 4.78 is 38.0. The lowest BCUT2D eigenvalue weighted by Gasteiger charge is -2.35. The molecule has 0 bridgehead atoms. The van der Waals surface area contributed by atoms with Gasteiger partial charge in [-0.25, -0.2) is 0 Å². The van der Waals surface area contributed by atoms with E-state index in [2.05, 4.69) is 15.9 Å². The van der Waals surface area contributed by atoms with Crippen molar-refractivity contribution in [2.45, 2.75) is 19.0 Å². The molecule has 1 aromatic rings. The second-order valence-corrected chi connectivity index (χ2v) is 6.12. The largest absolute Gasteiger partial charge is 0.471 e. The molecule has 2 amide bonds. The zero-order chi connectivity index (χ0) is 17.0. The third kappa shape index (κ3) is 4.70. The molecule has 1 aliphatic heterocycles. The molecule has 0 spiro atoms. The average Bonchev–Trinajstić information content (AvgIpc) is 2.52. The van der Waals surface area contributed by atoms with Crippen molar-refractivity contribution in [3.05, 3.63) is 34.3 Å². The van der Waals surface area contributed by atoms with Gasteiger partial charge in [-0.2, -0.15) is 13.2 Å². The van der Waals surface area contributed by atoms with Crippen molar-refractivity contribution in [2.75, 3.05) is 26.2 Å². The summed E-state index contributed by atoms with van der Waals surface area (Å²) >= 11 is 3.41. The first kappa shape index (κ1) is 17.8. The predicted molar refractivity (Wildman–Crippen MR) is 81.7 cm³/mol. The quantitative estimate of drug-likeness (QED) is 0.793. The van der Waals surface area contributed by atoms with E-state index in [1.165, 1.54) is 4.90 Å². The number of amides is 2. The molecule has 1 heterocycles. The molecule has 0 atom stereocenters. The number of aryl methyl sites for hydroxylation is 1. The Labute approximate surface area is 140 Å². The van der Waals surface area contributed by atoms with Gasteiger partial charge in [-0.05, 0) is 18.1 Å². The molecule has 4 nitrogen and oxygen atoms in total. The summed E-state index contributed by atoms with van der Waals surface area (Å²) in [5, 5.41) is 0. The molecule has 23 heavy (non-hydrogen) atoms. The first-order chi connectivity index (χ1) is 10.8. The number of hydrogen-bond donors (Lipinski definition) is 0. The zero-order valence-electron chi connectivity index (χ0n) is 12.3. The van der Waals surface area contributed by atoms with Crippen LogP contribution >= 0.6 is 15.9 Å². The molecule has 0 N–H and O–H groups in total. The van der Waals surface area contributed by atoms with E-state index in [9.17, 15) is 22.8 Å². The molecule has 1 aliphatic rings. The van der Waals surface area contributed by atoms with Crippen molar-refractivity contribution in [3.8, 4) is 0 Å². The fraction of sp³-hybridized carbons (Fsp3) is 0.467. The van der Waals surface area contributed by atoms with Gasteiger partial charge in [-0.15, -0.1) is 0 Å². The molecule has 1 fully saturated rings. The van der Waals surface area contributed by atoms with E-state index >= 15 is 0 Å². The van der Waals surface area contributed by atoms with Gasteiger partial charge in [-0.3, -0.25) is 9.59 Å². The van der Waals surface area contributed by atoms with Crippen molar-refractivity contribution in [2.24, 2.45) is 0 Å². The second-order valence-electron chi connectivity index (χ2n) is 5.26. The van der Waals surface area contributed by atoms with Crippen molar-refractivity contribution in [1.82, 2.24) is 9.80 Å². The highest BCUT2D eigenvalue weighted by atomic mass is 79.9. The molecule has 0 radical (unpaired) electrons. The maximum absolute atomic E-state index is 12.4. The Morgan fingerprint density at radius 1 is 1.04 bits per heavy atom. The van der Waals surface area contributed by atoms with Crippen LogP contribution < -0.4 is 0 Å². The van der Waals surface area contributed by atoms with Gasteiger partial charge in [0.15, 0.2) is 0 Å². The monoisotopic (exact) mass is 392 g/mol. The number of halogens is 4. The Kier molecular flexibility index (Phi) is 5.67. The minimum Gasteiger partial charge on any atom is -0.339 e. The summed E-state index contributed by atoms with van der Waals surface area (Å²) in [6, 6.07) is 7.57. The number of carbonyl (C=O) groups is 2. The lowest BCUT2D eigenvalue weighted by atomic mass is 10.1. The van der Waals surface area contributed by atoms with E-state index in [1.807, 2.05) is 24.3 Å². The fourth-order valence-electron chi connectivity index (χ4n) is 2.44. The first-order valence-corrected chi connectivity index (χ1v) is 7.95. The number of hydrogen-bond acceptors (Lipinski definition) is 2. The molecular formula is C15H16BrF3N2O2. The van der Waals surface area contributed by atoms with E-state index in [0.717, 1.165) is 14.9 Å². The molecule has 0 aromatic heterocycles. The number of benzene rings is 1. The number of carbonyl (C=O) groups excluding carboxylic acids is 2. The number of piperazine rings is 1. The smallest absolute Gasteiger partial charge is 0.339 e. The highest BCUT2D eigenvalue weighted by Gasteiger charge is 2.43. The molecule has 1 aromatic carbocycles. The van der Waals surface area contributed by atoms with Crippen LogP contribution in [0.15, 0.2) is 28.7 Å². The summed E-state index contributed by atoms with van der Waals surface area (Å²) in [5.41, 5.74) is 1.01. The Balaban J connectivity index is 1.82. The summed E-state index contributed by atoms with van der Waals surface area (Å²) in [6.07, 6.45) is -4.01. The van der Waals surface area contributed by atoms with Gasteiger partial charge in [0, 0.05) is 37.1 Å². The molecular weight excluding hydrogens is 377 g/mol. The standard InChI is InChI=1S/C15H16BrF3N2O2/c16-12-4-2-1-3-11(12)5-6-13(22)20-7-9-21(10-8-20)14(23)15(17,18)19/h1-4H,5-10H2. The molecule has 1 saturated heterocycles. The first-order valence-electron chi connectivity index (χ1n) is 7.16. The summed E-state index contributed by atoms with van der Waals surface area (Å²) in [6.45, 7) is 0.103. The number of nitrogens with zero attached hydrogens (tertiary/aromatic N) is 2. The van der Waals surface area contributed by atoms with Crippen molar-refractivity contribution in [1.29, 1.82) is 0 Å². The SMILES string of the molecule is O=C(CCc1ccccc1Br)N1CCN(C(=O)C(F)(F)F)CC1. The predicted octanol–water partition coefficient (Wildman–Crippen LogP) is 2.61. The van der Waals surface area contributed by atoms with Crippen LogP contribution in [0.25, 0.3) is 0 Å². The van der Waals surface area contributed by atoms with Gasteiger partial charge in [0.2, 0.25) is 5.91 Å². The van der Waals surface area contributed by atoms with Crippen LogP contribution in [0.1, 0.15) is 12.0 Å². The van der Waals surface area contributed by atoms with Gasteiger partial charge >= 0.3 is 12.1 Å². The maximum Gasteiger partial charge on any atom is 0.471 e. The average molecular weight is 393 g/mol. The van der Waals surface area contributed by atoms with Gasteiger partial charge in [0.25, 0.3) is 0 Å². The van der Waals surface area contributed by atoms with Crippen molar-refractivity contribution >= 4 is 27.7 Å². The lowest BCUT2D eigenvalue weighted by Crippen LogP contribution is -2.53. The minimum absolute atomic E-state index is 0.0842. The fourth-order valence-corrected chi connectivity index (χ4v) is 2.92. The second kappa shape index (κ2) is 7.33. The van der Waals surface area contributed by atoms with E-state index in [1.54, 1.807) is 0 Å². The third-order valence-electron chi connectivity index (χ3n) is 3.73. The van der Waals surface area contributed by atoms with Crippen LogP contribution in [0, 0.1) is 0 Å². The Morgan fingerprint density at radius 3 is 2.17 bits per heavy atom. The van der Waals surface area contributed by atoms with Gasteiger partial charge in [0.05, 0.1) is 0 Å². The molecule has 0 saturated carbocycles. The highest BCUT2D eigenvalue weighted by molar-refractivity contribution is 9.10. The molecule has 0 aliphatic carbocycles. The summed E-state index contributed by atoms with van der Waals surface area (Å²) in [5.74, 6) is -1.95. The van der Waals surface area contributed by atoms with E-state index < -0.39 is 12.1 Å². The lowest BCUT2D eigenvalue weighted by molar-refractivity contribution is -0.187. The normalized spacial score (nSPS) is 15.7. The van der Waals surface area contributed by atoms with Crippen LogP contribution in [0.3, 0.4) is 0 Å². The van der Waals surface area contributed by atoms with Crippen LogP contribution in [-0.2, 0) is 16.0 Å². The van der Waals surface area contributed by atoms with E-state index in [-0.39, 0.29) is 38.5 Å². The third-order valence-corrected chi connectivity index (χ3v) is 4.50. The van der Waals surface area contributed by atoms with Crippen molar-refractivity contribution < 1.29 is 22.8 Å². The summed E-state index contributed by atoms with van der Waals surface area (Å²) in [4.78, 5) is 25.5. The van der Waals surface area contributed by atoms with Crippen LogP contribution in [0.4, 0.5) is 13.2 Å². The van der Waals surface area contributed by atoms with Crippen LogP contribution in [0.2, 0.25) is 0 Å². The topological polar surface area (TPSA) is 40.6 Å². The molecule has 0 unspecified atom stereocenters. The zero-order valence-corrected chi connectivity index (χ0v) is 13.9. The summed E-state index contributed by atoms with van der Waals surface area (Å²) in [7, 11) is 0. The van der Waals surface area contributed by atoms with E-state index in [0.29, 0.717) is 6.42 Å².